The number of thiophene rings is 1. The summed E-state index contributed by atoms with van der Waals surface area (Å²) < 4.78 is 0. The van der Waals surface area contributed by atoms with Crippen molar-refractivity contribution in [2.45, 2.75) is 19.9 Å². The Labute approximate surface area is 168 Å². The summed E-state index contributed by atoms with van der Waals surface area (Å²) in [6.07, 6.45) is 1.67. The summed E-state index contributed by atoms with van der Waals surface area (Å²) in [6.45, 7) is 6.11. The molecule has 1 saturated heterocycles. The van der Waals surface area contributed by atoms with Crippen LogP contribution in [0.25, 0.3) is 0 Å². The molecule has 8 heteroatoms. The maximum Gasteiger partial charge on any atom is 0.262 e. The van der Waals surface area contributed by atoms with E-state index in [1.165, 1.54) is 11.3 Å². The molecule has 3 rings (SSSR count). The van der Waals surface area contributed by atoms with Crippen LogP contribution in [-0.4, -0.2) is 53.9 Å². The van der Waals surface area contributed by atoms with Gasteiger partial charge in [0.25, 0.3) is 5.91 Å². The number of hydrogen-bond donors (Lipinski definition) is 1. The van der Waals surface area contributed by atoms with E-state index in [4.69, 9.17) is 0 Å². The van der Waals surface area contributed by atoms with Crippen LogP contribution >= 0.6 is 11.3 Å². The topological polar surface area (TPSA) is 89.3 Å². The Bertz CT molecular complexity index is 867. The molecule has 1 fully saturated rings. The van der Waals surface area contributed by atoms with E-state index in [2.05, 4.69) is 16.4 Å². The Morgan fingerprint density at radius 2 is 1.96 bits per heavy atom. The summed E-state index contributed by atoms with van der Waals surface area (Å²) >= 11 is 1.36. The molecule has 1 aliphatic heterocycles. The van der Waals surface area contributed by atoms with Crippen molar-refractivity contribution in [1.82, 2.24) is 15.2 Å². The van der Waals surface area contributed by atoms with Crippen molar-refractivity contribution in [2.75, 3.05) is 31.1 Å². The van der Waals surface area contributed by atoms with Crippen molar-refractivity contribution in [3.05, 3.63) is 46.3 Å². The Morgan fingerprint density at radius 3 is 2.57 bits per heavy atom. The Kier molecular flexibility index (Phi) is 6.26. The molecule has 1 unspecified atom stereocenters. The molecular weight excluding hydrogens is 374 g/mol. The fraction of sp³-hybridized carbons (Fsp3) is 0.400. The largest absolute Gasteiger partial charge is 0.352 e. The number of nitrogens with one attached hydrogen (secondary N) is 1. The Balaban J connectivity index is 1.64. The third-order valence-corrected chi connectivity index (χ3v) is 5.63. The molecule has 1 N–H and O–H groups in total. The molecule has 0 spiro atoms. The number of nitriles is 1. The van der Waals surface area contributed by atoms with Gasteiger partial charge in [-0.3, -0.25) is 9.59 Å². The van der Waals surface area contributed by atoms with Gasteiger partial charge in [-0.15, -0.1) is 11.3 Å². The lowest BCUT2D eigenvalue weighted by Crippen LogP contribution is -2.56. The molecule has 0 radical (unpaired) electrons. The summed E-state index contributed by atoms with van der Waals surface area (Å²) in [5.41, 5.74) is 0.533. The van der Waals surface area contributed by atoms with Crippen molar-refractivity contribution >= 4 is 29.0 Å². The molecule has 0 bridgehead atoms. The Hall–Kier alpha value is -2.92. The van der Waals surface area contributed by atoms with Gasteiger partial charge < -0.3 is 15.1 Å². The highest BCUT2D eigenvalue weighted by molar-refractivity contribution is 7.12. The van der Waals surface area contributed by atoms with Gasteiger partial charge in [0.1, 0.15) is 17.9 Å². The van der Waals surface area contributed by atoms with Gasteiger partial charge in [-0.2, -0.15) is 5.26 Å². The average Bonchev–Trinajstić information content (AvgIpc) is 3.26. The predicted octanol–water partition coefficient (Wildman–Crippen LogP) is 2.12. The minimum Gasteiger partial charge on any atom is -0.352 e. The van der Waals surface area contributed by atoms with Gasteiger partial charge in [0.2, 0.25) is 5.91 Å². The van der Waals surface area contributed by atoms with E-state index in [1.54, 1.807) is 29.3 Å². The van der Waals surface area contributed by atoms with Gasteiger partial charge in [0, 0.05) is 32.4 Å². The number of anilines is 1. The summed E-state index contributed by atoms with van der Waals surface area (Å²) in [5.74, 6) is 0.354. The monoisotopic (exact) mass is 397 g/mol. The molecule has 0 aromatic carbocycles. The zero-order valence-corrected chi connectivity index (χ0v) is 16.8. The lowest BCUT2D eigenvalue weighted by molar-refractivity contribution is -0.134. The standard InChI is InChI=1S/C20H23N5O2S/c1-14(2)17(23-19(26)16-6-4-12-28-16)20(27)25-10-8-24(9-11-25)18-15(13-21)5-3-7-22-18/h3-7,12,14,17H,8-11H2,1-2H3,(H,23,26). The molecule has 2 aromatic heterocycles. The van der Waals surface area contributed by atoms with Crippen molar-refractivity contribution in [3.8, 4) is 6.07 Å². The van der Waals surface area contributed by atoms with Crippen molar-refractivity contribution in [1.29, 1.82) is 5.26 Å². The van der Waals surface area contributed by atoms with Crippen LogP contribution in [0.2, 0.25) is 0 Å². The van der Waals surface area contributed by atoms with Gasteiger partial charge in [-0.25, -0.2) is 4.98 Å². The molecular formula is C20H23N5O2S. The lowest BCUT2D eigenvalue weighted by Gasteiger charge is -2.38. The van der Waals surface area contributed by atoms with Crippen LogP contribution < -0.4 is 10.2 Å². The van der Waals surface area contributed by atoms with Gasteiger partial charge in [0.15, 0.2) is 0 Å². The third kappa shape index (κ3) is 4.31. The number of rotatable bonds is 5. The highest BCUT2D eigenvalue weighted by atomic mass is 32.1. The van der Waals surface area contributed by atoms with Crippen LogP contribution in [0.5, 0.6) is 0 Å². The van der Waals surface area contributed by atoms with Crippen LogP contribution in [0.15, 0.2) is 35.8 Å². The molecule has 7 nitrogen and oxygen atoms in total. The van der Waals surface area contributed by atoms with Gasteiger partial charge in [0.05, 0.1) is 10.4 Å². The van der Waals surface area contributed by atoms with Crippen LogP contribution in [0.3, 0.4) is 0 Å². The average molecular weight is 398 g/mol. The summed E-state index contributed by atoms with van der Waals surface area (Å²) in [4.78, 5) is 34.2. The predicted molar refractivity (Wildman–Crippen MR) is 108 cm³/mol. The zero-order valence-electron chi connectivity index (χ0n) is 16.0. The van der Waals surface area contributed by atoms with Gasteiger partial charge in [-0.1, -0.05) is 19.9 Å². The molecule has 0 aliphatic carbocycles. The smallest absolute Gasteiger partial charge is 0.262 e. The number of hydrogen-bond acceptors (Lipinski definition) is 6. The molecule has 28 heavy (non-hydrogen) atoms. The second-order valence-electron chi connectivity index (χ2n) is 6.97. The van der Waals surface area contributed by atoms with E-state index >= 15 is 0 Å². The minimum absolute atomic E-state index is 0.0181. The van der Waals surface area contributed by atoms with Crippen LogP contribution in [0.1, 0.15) is 29.1 Å². The number of nitrogens with zero attached hydrogens (tertiary/aromatic N) is 4. The van der Waals surface area contributed by atoms with Crippen molar-refractivity contribution in [3.63, 3.8) is 0 Å². The molecule has 0 saturated carbocycles. The fourth-order valence-electron chi connectivity index (χ4n) is 3.21. The molecule has 146 valence electrons. The molecule has 2 aromatic rings. The number of carbonyl (C=O) groups is 2. The van der Waals surface area contributed by atoms with Gasteiger partial charge in [-0.05, 0) is 29.5 Å². The van der Waals surface area contributed by atoms with Crippen LogP contribution in [-0.2, 0) is 4.79 Å². The SMILES string of the molecule is CC(C)C(NC(=O)c1cccs1)C(=O)N1CCN(c2ncccc2C#N)CC1. The van der Waals surface area contributed by atoms with Crippen LogP contribution in [0.4, 0.5) is 5.82 Å². The van der Waals surface area contributed by atoms with Crippen LogP contribution in [0, 0.1) is 17.2 Å². The second kappa shape index (κ2) is 8.85. The number of carbonyl (C=O) groups excluding carboxylic acids is 2. The van der Waals surface area contributed by atoms with Gasteiger partial charge >= 0.3 is 0 Å². The molecule has 2 amide bonds. The first-order valence-electron chi connectivity index (χ1n) is 9.24. The molecule has 1 aliphatic rings. The lowest BCUT2D eigenvalue weighted by atomic mass is 10.0. The fourth-order valence-corrected chi connectivity index (χ4v) is 3.83. The third-order valence-electron chi connectivity index (χ3n) is 4.76. The first-order chi connectivity index (χ1) is 13.5. The quantitative estimate of drug-likeness (QED) is 0.835. The van der Waals surface area contributed by atoms with E-state index in [0.29, 0.717) is 42.4 Å². The van der Waals surface area contributed by atoms with E-state index in [9.17, 15) is 14.9 Å². The molecule has 3 heterocycles. The maximum absolute atomic E-state index is 13.0. The highest BCUT2D eigenvalue weighted by Crippen LogP contribution is 2.19. The zero-order chi connectivity index (χ0) is 20.1. The highest BCUT2D eigenvalue weighted by Gasteiger charge is 2.31. The number of amides is 2. The Morgan fingerprint density at radius 1 is 1.21 bits per heavy atom. The van der Waals surface area contributed by atoms with E-state index in [0.717, 1.165) is 0 Å². The number of aromatic nitrogens is 1. The normalized spacial score (nSPS) is 15.2. The minimum atomic E-state index is -0.564. The molecule has 1 atom stereocenters. The second-order valence-corrected chi connectivity index (χ2v) is 7.92. The first-order valence-corrected chi connectivity index (χ1v) is 10.1. The van der Waals surface area contributed by atoms with Crippen molar-refractivity contribution in [2.24, 2.45) is 5.92 Å². The summed E-state index contributed by atoms with van der Waals surface area (Å²) in [5, 5.41) is 14.0. The number of piperazine rings is 1. The summed E-state index contributed by atoms with van der Waals surface area (Å²) in [7, 11) is 0. The van der Waals surface area contributed by atoms with E-state index < -0.39 is 6.04 Å². The van der Waals surface area contributed by atoms with E-state index in [-0.39, 0.29) is 17.7 Å². The number of pyridine rings is 1. The summed E-state index contributed by atoms with van der Waals surface area (Å²) in [6, 6.07) is 8.65. The maximum atomic E-state index is 13.0. The first kappa shape index (κ1) is 19.8. The van der Waals surface area contributed by atoms with Crippen molar-refractivity contribution < 1.29 is 9.59 Å². The van der Waals surface area contributed by atoms with E-state index in [1.807, 2.05) is 30.2 Å².